The molecule has 0 spiro atoms. The van der Waals surface area contributed by atoms with Gasteiger partial charge in [-0.2, -0.15) is 5.26 Å². The molecule has 2 aromatic rings. The van der Waals surface area contributed by atoms with Crippen LogP contribution in [0.1, 0.15) is 18.9 Å². The molecule has 1 heterocycles. The van der Waals surface area contributed by atoms with E-state index in [1.54, 1.807) is 6.07 Å². The van der Waals surface area contributed by atoms with Crippen LogP contribution in [0.5, 0.6) is 0 Å². The van der Waals surface area contributed by atoms with Crippen LogP contribution in [-0.4, -0.2) is 23.3 Å². The van der Waals surface area contributed by atoms with Gasteiger partial charge in [-0.1, -0.05) is 25.1 Å². The number of aromatic nitrogens is 1. The summed E-state index contributed by atoms with van der Waals surface area (Å²) in [6.07, 6.45) is 0.317. The number of carbonyl (C=O) groups excluding carboxylic acids is 1. The summed E-state index contributed by atoms with van der Waals surface area (Å²) in [5.74, 6) is -0.244. The molecule has 1 unspecified atom stereocenters. The van der Waals surface area contributed by atoms with Crippen molar-refractivity contribution in [3.63, 3.8) is 0 Å². The molecule has 1 aromatic carbocycles. The predicted molar refractivity (Wildman–Crippen MR) is 78.4 cm³/mol. The zero-order valence-corrected chi connectivity index (χ0v) is 12.1. The van der Waals surface area contributed by atoms with Crippen LogP contribution in [-0.2, 0) is 9.53 Å². The van der Waals surface area contributed by atoms with Gasteiger partial charge < -0.3 is 4.74 Å². The van der Waals surface area contributed by atoms with Crippen LogP contribution in [0.25, 0.3) is 10.9 Å². The lowest BCUT2D eigenvalue weighted by atomic mass is 10.1. The SMILES string of the molecule is COC(=O)CC(C)Sc1cc(C#N)c2ccccc2n1. The third kappa shape index (κ3) is 3.28. The molecule has 0 fully saturated rings. The summed E-state index contributed by atoms with van der Waals surface area (Å²) in [6, 6.07) is 11.5. The van der Waals surface area contributed by atoms with Crippen molar-refractivity contribution < 1.29 is 9.53 Å². The van der Waals surface area contributed by atoms with Crippen LogP contribution in [0.15, 0.2) is 35.4 Å². The lowest BCUT2D eigenvalue weighted by Crippen LogP contribution is -2.08. The van der Waals surface area contributed by atoms with E-state index in [0.29, 0.717) is 12.0 Å². The summed E-state index contributed by atoms with van der Waals surface area (Å²) in [5.41, 5.74) is 1.39. The standard InChI is InChI=1S/C15H14N2O2S/c1-10(7-15(18)19-2)20-14-8-11(9-16)12-5-3-4-6-13(12)17-14/h3-6,8,10H,7H2,1-2H3. The number of thioether (sulfide) groups is 1. The van der Waals surface area contributed by atoms with Crippen molar-refractivity contribution in [2.75, 3.05) is 7.11 Å². The number of nitriles is 1. The molecule has 5 heteroatoms. The minimum Gasteiger partial charge on any atom is -0.469 e. The fraction of sp³-hybridized carbons (Fsp3) is 0.267. The molecule has 0 radical (unpaired) electrons. The summed E-state index contributed by atoms with van der Waals surface area (Å²) in [4.78, 5) is 15.8. The van der Waals surface area contributed by atoms with E-state index in [4.69, 9.17) is 0 Å². The summed E-state index contributed by atoms with van der Waals surface area (Å²) in [6.45, 7) is 1.94. The predicted octanol–water partition coefficient (Wildman–Crippen LogP) is 3.15. The van der Waals surface area contributed by atoms with Gasteiger partial charge in [-0.3, -0.25) is 4.79 Å². The maximum atomic E-state index is 11.2. The Hall–Kier alpha value is -2.06. The minimum absolute atomic E-state index is 0.0441. The fourth-order valence-corrected chi connectivity index (χ4v) is 2.84. The zero-order chi connectivity index (χ0) is 14.5. The Morgan fingerprint density at radius 3 is 2.95 bits per heavy atom. The quantitative estimate of drug-likeness (QED) is 0.638. The summed E-state index contributed by atoms with van der Waals surface area (Å²) in [7, 11) is 1.38. The third-order valence-corrected chi connectivity index (χ3v) is 3.84. The summed E-state index contributed by atoms with van der Waals surface area (Å²) >= 11 is 1.47. The highest BCUT2D eigenvalue weighted by Crippen LogP contribution is 2.27. The average molecular weight is 286 g/mol. The lowest BCUT2D eigenvalue weighted by Gasteiger charge is -2.10. The van der Waals surface area contributed by atoms with Gasteiger partial charge in [0.25, 0.3) is 0 Å². The first-order valence-electron chi connectivity index (χ1n) is 6.17. The lowest BCUT2D eigenvalue weighted by molar-refractivity contribution is -0.140. The van der Waals surface area contributed by atoms with Crippen LogP contribution in [0, 0.1) is 11.3 Å². The molecule has 0 aliphatic rings. The smallest absolute Gasteiger partial charge is 0.306 e. The second-order valence-corrected chi connectivity index (χ2v) is 5.80. The molecule has 0 aliphatic carbocycles. The highest BCUT2D eigenvalue weighted by Gasteiger charge is 2.13. The van der Waals surface area contributed by atoms with Crippen LogP contribution < -0.4 is 0 Å². The molecule has 0 aliphatic heterocycles. The Morgan fingerprint density at radius 2 is 2.25 bits per heavy atom. The third-order valence-electron chi connectivity index (χ3n) is 2.82. The number of benzene rings is 1. The number of fused-ring (bicyclic) bond motifs is 1. The Balaban J connectivity index is 2.27. The van der Waals surface area contributed by atoms with E-state index in [0.717, 1.165) is 15.9 Å². The summed E-state index contributed by atoms with van der Waals surface area (Å²) in [5, 5.41) is 10.9. The largest absolute Gasteiger partial charge is 0.469 e. The Morgan fingerprint density at radius 1 is 1.50 bits per heavy atom. The molecule has 1 aromatic heterocycles. The van der Waals surface area contributed by atoms with Gasteiger partial charge in [0.1, 0.15) is 0 Å². The fourth-order valence-electron chi connectivity index (χ4n) is 1.87. The van der Waals surface area contributed by atoms with Gasteiger partial charge in [0.05, 0.1) is 35.7 Å². The van der Waals surface area contributed by atoms with Gasteiger partial charge in [0, 0.05) is 10.6 Å². The van der Waals surface area contributed by atoms with Crippen molar-refractivity contribution in [2.24, 2.45) is 0 Å². The van der Waals surface area contributed by atoms with E-state index in [1.165, 1.54) is 18.9 Å². The highest BCUT2D eigenvalue weighted by atomic mass is 32.2. The number of esters is 1. The first-order chi connectivity index (χ1) is 9.63. The molecule has 102 valence electrons. The molecule has 1 atom stereocenters. The van der Waals surface area contributed by atoms with Crippen molar-refractivity contribution in [1.82, 2.24) is 4.98 Å². The molecule has 2 rings (SSSR count). The van der Waals surface area contributed by atoms with Gasteiger partial charge >= 0.3 is 5.97 Å². The van der Waals surface area contributed by atoms with Crippen LogP contribution >= 0.6 is 11.8 Å². The maximum Gasteiger partial charge on any atom is 0.306 e. The molecular formula is C15H14N2O2S. The second-order valence-electron chi connectivity index (χ2n) is 4.35. The van der Waals surface area contributed by atoms with E-state index in [9.17, 15) is 10.1 Å². The number of ether oxygens (including phenoxy) is 1. The number of hydrogen-bond donors (Lipinski definition) is 0. The average Bonchev–Trinajstić information content (AvgIpc) is 2.46. The van der Waals surface area contributed by atoms with Crippen molar-refractivity contribution in [3.05, 3.63) is 35.9 Å². The molecular weight excluding hydrogens is 272 g/mol. The Kier molecular flexibility index (Phi) is 4.59. The molecule has 0 N–H and O–H groups in total. The number of carbonyl (C=O) groups is 1. The highest BCUT2D eigenvalue weighted by molar-refractivity contribution is 7.99. The van der Waals surface area contributed by atoms with Crippen molar-refractivity contribution in [1.29, 1.82) is 5.26 Å². The monoisotopic (exact) mass is 286 g/mol. The first-order valence-corrected chi connectivity index (χ1v) is 7.05. The van der Waals surface area contributed by atoms with E-state index in [-0.39, 0.29) is 11.2 Å². The van der Waals surface area contributed by atoms with Gasteiger partial charge in [0.2, 0.25) is 0 Å². The maximum absolute atomic E-state index is 11.2. The second kappa shape index (κ2) is 6.40. The molecule has 20 heavy (non-hydrogen) atoms. The molecule has 4 nitrogen and oxygen atoms in total. The molecule has 0 saturated carbocycles. The normalized spacial score (nSPS) is 11.8. The number of nitrogens with zero attached hydrogens (tertiary/aromatic N) is 2. The topological polar surface area (TPSA) is 63.0 Å². The molecule has 0 bridgehead atoms. The number of hydrogen-bond acceptors (Lipinski definition) is 5. The molecule has 0 amide bonds. The van der Waals surface area contributed by atoms with Crippen LogP contribution in [0.3, 0.4) is 0 Å². The van der Waals surface area contributed by atoms with Gasteiger partial charge in [0.15, 0.2) is 0 Å². The van der Waals surface area contributed by atoms with Gasteiger partial charge in [-0.05, 0) is 12.1 Å². The van der Waals surface area contributed by atoms with Crippen molar-refractivity contribution in [2.45, 2.75) is 23.6 Å². The van der Waals surface area contributed by atoms with Crippen molar-refractivity contribution >= 4 is 28.6 Å². The number of methoxy groups -OCH3 is 1. The summed E-state index contributed by atoms with van der Waals surface area (Å²) < 4.78 is 4.65. The van der Waals surface area contributed by atoms with E-state index in [2.05, 4.69) is 15.8 Å². The van der Waals surface area contributed by atoms with Crippen LogP contribution in [0.2, 0.25) is 0 Å². The first kappa shape index (κ1) is 14.4. The number of rotatable bonds is 4. The van der Waals surface area contributed by atoms with E-state index < -0.39 is 0 Å². The van der Waals surface area contributed by atoms with Crippen LogP contribution in [0.4, 0.5) is 0 Å². The van der Waals surface area contributed by atoms with E-state index >= 15 is 0 Å². The van der Waals surface area contributed by atoms with Gasteiger partial charge in [-0.15, -0.1) is 11.8 Å². The Labute approximate surface area is 121 Å². The number of pyridine rings is 1. The zero-order valence-electron chi connectivity index (χ0n) is 11.3. The van der Waals surface area contributed by atoms with Gasteiger partial charge in [-0.25, -0.2) is 4.98 Å². The number of para-hydroxylation sites is 1. The minimum atomic E-state index is -0.244. The van der Waals surface area contributed by atoms with E-state index in [1.807, 2.05) is 31.2 Å². The molecule has 0 saturated heterocycles. The Bertz CT molecular complexity index is 679. The van der Waals surface area contributed by atoms with Crippen molar-refractivity contribution in [3.8, 4) is 6.07 Å².